The van der Waals surface area contributed by atoms with Crippen molar-refractivity contribution in [1.29, 1.82) is 0 Å². The summed E-state index contributed by atoms with van der Waals surface area (Å²) in [5.74, 6) is -47.1. The highest BCUT2D eigenvalue weighted by atomic mass is 19.4. The van der Waals surface area contributed by atoms with Gasteiger partial charge in [-0.25, -0.2) is 26.3 Å². The fourth-order valence-electron chi connectivity index (χ4n) is 2.74. The molecule has 0 radical (unpaired) electrons. The third kappa shape index (κ3) is 4.00. The minimum atomic E-state index is -7.71. The van der Waals surface area contributed by atoms with E-state index in [9.17, 15) is 83.8 Å². The highest BCUT2D eigenvalue weighted by Gasteiger charge is 2.75. The van der Waals surface area contributed by atoms with Gasteiger partial charge >= 0.3 is 24.2 Å². The molecule has 1 nitrogen and oxygen atoms in total. The van der Waals surface area contributed by atoms with Gasteiger partial charge < -0.3 is 0 Å². The number of hydrogen-bond acceptors (Lipinski definition) is 1. The molecular weight excluding hydrogens is 562 g/mol. The molecule has 19 heteroatoms. The Balaban J connectivity index is 3.36. The summed E-state index contributed by atoms with van der Waals surface area (Å²) in [7, 11) is 0. The molecule has 36 heavy (non-hydrogen) atoms. The van der Waals surface area contributed by atoms with Crippen LogP contribution in [0.4, 0.5) is 79.0 Å². The number of ketones is 1. The SMILES string of the molecule is O=C1C(F)=C(F)C(=C(c2c(F)c(F)c(F)c(F)c2C(F)(F)C(F)(F)C(F)(F)F)C(F)(F)F)C(F)=C1F. The Morgan fingerprint density at radius 3 is 1.28 bits per heavy atom. The van der Waals surface area contributed by atoms with E-state index in [0.717, 1.165) is 0 Å². The Morgan fingerprint density at radius 2 is 0.917 bits per heavy atom. The van der Waals surface area contributed by atoms with E-state index in [2.05, 4.69) is 0 Å². The van der Waals surface area contributed by atoms with E-state index in [1.807, 2.05) is 0 Å². The van der Waals surface area contributed by atoms with Crippen LogP contribution in [0, 0.1) is 23.3 Å². The van der Waals surface area contributed by atoms with Gasteiger partial charge in [0, 0.05) is 5.56 Å². The van der Waals surface area contributed by atoms with Crippen LogP contribution >= 0.6 is 0 Å². The van der Waals surface area contributed by atoms with Crippen molar-refractivity contribution in [2.45, 2.75) is 24.2 Å². The lowest BCUT2D eigenvalue weighted by Crippen LogP contribution is -2.51. The second-order valence-corrected chi connectivity index (χ2v) is 6.49. The van der Waals surface area contributed by atoms with Gasteiger partial charge in [-0.15, -0.1) is 0 Å². The van der Waals surface area contributed by atoms with Gasteiger partial charge in [0.05, 0.1) is 16.7 Å². The van der Waals surface area contributed by atoms with Crippen LogP contribution in [0.15, 0.2) is 28.9 Å². The zero-order valence-electron chi connectivity index (χ0n) is 15.7. The third-order valence-electron chi connectivity index (χ3n) is 4.34. The van der Waals surface area contributed by atoms with Crippen molar-refractivity contribution in [1.82, 2.24) is 0 Å². The van der Waals surface area contributed by atoms with E-state index in [4.69, 9.17) is 0 Å². The first-order valence-corrected chi connectivity index (χ1v) is 8.11. The first kappa shape index (κ1) is 29.1. The van der Waals surface area contributed by atoms with Crippen LogP contribution in [-0.4, -0.2) is 24.1 Å². The maximum absolute atomic E-state index is 14.3. The van der Waals surface area contributed by atoms with E-state index in [1.54, 1.807) is 0 Å². The lowest BCUT2D eigenvalue weighted by molar-refractivity contribution is -0.360. The lowest BCUT2D eigenvalue weighted by Gasteiger charge is -2.31. The van der Waals surface area contributed by atoms with Gasteiger partial charge in [0.2, 0.25) is 11.7 Å². The minimum absolute atomic E-state index is 2.98. The number of rotatable bonds is 3. The first-order valence-electron chi connectivity index (χ1n) is 8.11. The number of halogens is 18. The molecule has 0 saturated heterocycles. The maximum Gasteiger partial charge on any atom is 0.460 e. The monoisotopic (exact) mass is 562 g/mol. The summed E-state index contributed by atoms with van der Waals surface area (Å²) in [5, 5.41) is 0. The van der Waals surface area contributed by atoms with Crippen LogP contribution in [0.1, 0.15) is 11.1 Å². The molecule has 0 saturated carbocycles. The predicted octanol–water partition coefficient (Wildman–Crippen LogP) is 7.73. The highest BCUT2D eigenvalue weighted by Crippen LogP contribution is 2.56. The van der Waals surface area contributed by atoms with Crippen molar-refractivity contribution in [3.63, 3.8) is 0 Å². The quantitative estimate of drug-likeness (QED) is 0.210. The number of hydrogen-bond donors (Lipinski definition) is 0. The average molecular weight is 562 g/mol. The molecule has 1 aliphatic carbocycles. The predicted molar refractivity (Wildman–Crippen MR) is 77.6 cm³/mol. The molecule has 0 atom stereocenters. The topological polar surface area (TPSA) is 17.1 Å². The van der Waals surface area contributed by atoms with Crippen LogP contribution in [0.25, 0.3) is 5.57 Å². The summed E-state index contributed by atoms with van der Waals surface area (Å²) >= 11 is 0. The molecule has 0 bridgehead atoms. The van der Waals surface area contributed by atoms with Crippen LogP contribution in [0.3, 0.4) is 0 Å². The summed E-state index contributed by atoms with van der Waals surface area (Å²) < 4.78 is 244. The van der Waals surface area contributed by atoms with Crippen LogP contribution < -0.4 is 0 Å². The van der Waals surface area contributed by atoms with Gasteiger partial charge in [-0.05, 0) is 0 Å². The largest absolute Gasteiger partial charge is 0.460 e. The molecule has 0 fully saturated rings. The Labute approximate surface area is 184 Å². The van der Waals surface area contributed by atoms with Crippen molar-refractivity contribution in [2.24, 2.45) is 0 Å². The first-order chi connectivity index (χ1) is 15.9. The standard InChI is InChI=1S/C17F18O/c18-5-1(3(15(28,29)30)2-6(19)11(24)13(36)12(25)7(2)20)4(8(21)10(23)9(5)22)14(26,27)16(31,32)17(33,34)35. The number of alkyl halides is 10. The van der Waals surface area contributed by atoms with E-state index in [0.29, 0.717) is 0 Å². The van der Waals surface area contributed by atoms with Crippen LogP contribution in [-0.2, 0) is 10.7 Å². The molecule has 1 aromatic rings. The average Bonchev–Trinajstić information content (AvgIpc) is 2.73. The second-order valence-electron chi connectivity index (χ2n) is 6.49. The number of carbonyl (C=O) groups is 1. The Hall–Kier alpha value is -3.15. The fraction of sp³-hybridized carbons (Fsp3) is 0.235. The molecule has 200 valence electrons. The lowest BCUT2D eigenvalue weighted by atomic mass is 9.86. The molecule has 0 aromatic heterocycles. The number of Topliss-reactive ketones (excluding diaryl/α,β-unsaturated/α-hetero) is 1. The second kappa shape index (κ2) is 8.46. The summed E-state index contributed by atoms with van der Waals surface area (Å²) in [6.45, 7) is 0. The van der Waals surface area contributed by atoms with Gasteiger partial charge in [0.1, 0.15) is 0 Å². The summed E-state index contributed by atoms with van der Waals surface area (Å²) in [5.41, 5.74) is -15.8. The van der Waals surface area contributed by atoms with Crippen LogP contribution in [0.2, 0.25) is 0 Å². The van der Waals surface area contributed by atoms with Crippen molar-refractivity contribution < 1.29 is 83.8 Å². The Morgan fingerprint density at radius 1 is 0.528 bits per heavy atom. The van der Waals surface area contributed by atoms with Crippen molar-refractivity contribution in [3.8, 4) is 0 Å². The normalized spacial score (nSPS) is 16.4. The highest BCUT2D eigenvalue weighted by molar-refractivity contribution is 6.09. The number of benzene rings is 1. The van der Waals surface area contributed by atoms with E-state index < -0.39 is 98.8 Å². The maximum atomic E-state index is 14.3. The van der Waals surface area contributed by atoms with Gasteiger partial charge in [-0.3, -0.25) is 4.79 Å². The fourth-order valence-corrected chi connectivity index (χ4v) is 2.74. The smallest absolute Gasteiger partial charge is 0.283 e. The molecule has 1 aliphatic rings. The molecule has 0 unspecified atom stereocenters. The third-order valence-corrected chi connectivity index (χ3v) is 4.34. The zero-order chi connectivity index (χ0) is 28.5. The zero-order valence-corrected chi connectivity index (χ0v) is 15.7. The van der Waals surface area contributed by atoms with E-state index in [-0.39, 0.29) is 0 Å². The van der Waals surface area contributed by atoms with Crippen LogP contribution in [0.5, 0.6) is 0 Å². The van der Waals surface area contributed by atoms with Gasteiger partial charge in [-0.1, -0.05) is 0 Å². The number of allylic oxidation sites excluding steroid dienone is 6. The molecule has 0 amide bonds. The minimum Gasteiger partial charge on any atom is -0.283 e. The van der Waals surface area contributed by atoms with Gasteiger partial charge in [-0.2, -0.15) is 52.7 Å². The summed E-state index contributed by atoms with van der Waals surface area (Å²) in [6, 6.07) is 0. The van der Waals surface area contributed by atoms with Crippen molar-refractivity contribution in [2.75, 3.05) is 0 Å². The molecule has 0 heterocycles. The van der Waals surface area contributed by atoms with Crippen molar-refractivity contribution >= 4 is 11.4 Å². The molecule has 0 aliphatic heterocycles. The molecule has 0 N–H and O–H groups in total. The molecular formula is C17F18O. The Bertz CT molecular complexity index is 1210. The number of carbonyl (C=O) groups excluding carboxylic acids is 1. The molecule has 1 aromatic carbocycles. The van der Waals surface area contributed by atoms with E-state index >= 15 is 0 Å². The van der Waals surface area contributed by atoms with Gasteiger partial charge in [0.25, 0.3) is 5.78 Å². The summed E-state index contributed by atoms with van der Waals surface area (Å²) in [4.78, 5) is 11.0. The van der Waals surface area contributed by atoms with E-state index in [1.165, 1.54) is 0 Å². The Kier molecular flexibility index (Phi) is 6.84. The molecule has 2 rings (SSSR count). The summed E-state index contributed by atoms with van der Waals surface area (Å²) in [6.07, 6.45) is -14.5. The van der Waals surface area contributed by atoms with Gasteiger partial charge in [0.15, 0.2) is 34.9 Å². The molecule has 0 spiro atoms. The van der Waals surface area contributed by atoms with Crippen molar-refractivity contribution in [3.05, 3.63) is 63.3 Å².